The molecule has 1 heterocycles. The first-order valence-electron chi connectivity index (χ1n) is 5.02. The fourth-order valence-electron chi connectivity index (χ4n) is 1.39. The molecule has 0 aliphatic rings. The number of carbonyl (C=O) groups excluding carboxylic acids is 1. The van der Waals surface area contributed by atoms with Gasteiger partial charge < -0.3 is 14.8 Å². The van der Waals surface area contributed by atoms with Gasteiger partial charge in [-0.05, 0) is 24.6 Å². The Bertz CT molecular complexity index is 594. The molecule has 0 radical (unpaired) electrons. The number of halogens is 2. The van der Waals surface area contributed by atoms with E-state index in [4.69, 9.17) is 27.6 Å². The third kappa shape index (κ3) is 2.30. The fourth-order valence-corrected chi connectivity index (χ4v) is 1.84. The number of phenolic OH excluding ortho intramolecular Hbond substituents is 1. The van der Waals surface area contributed by atoms with Crippen molar-refractivity contribution in [2.75, 3.05) is 5.32 Å². The second-order valence-corrected chi connectivity index (χ2v) is 4.44. The Morgan fingerprint density at radius 1 is 1.44 bits per heavy atom. The van der Waals surface area contributed by atoms with Crippen LogP contribution in [0.2, 0.25) is 10.0 Å². The van der Waals surface area contributed by atoms with Crippen LogP contribution in [-0.4, -0.2) is 11.0 Å². The summed E-state index contributed by atoms with van der Waals surface area (Å²) in [6.45, 7) is 1.67. The average Bonchev–Trinajstić information content (AvgIpc) is 2.87. The molecule has 1 aromatic heterocycles. The van der Waals surface area contributed by atoms with Gasteiger partial charge in [0.25, 0.3) is 5.91 Å². The predicted octanol–water partition coefficient (Wildman–Crippen LogP) is 3.85. The molecular formula is C12H9Cl2NO3. The molecule has 0 aliphatic heterocycles. The van der Waals surface area contributed by atoms with E-state index in [0.717, 1.165) is 0 Å². The summed E-state index contributed by atoms with van der Waals surface area (Å²) in [7, 11) is 0. The SMILES string of the molecule is Cc1c(Cl)cc(NC(=O)c2ccoc2)c(O)c1Cl. The number of anilines is 1. The van der Waals surface area contributed by atoms with Crippen molar-refractivity contribution >= 4 is 34.8 Å². The molecule has 18 heavy (non-hydrogen) atoms. The summed E-state index contributed by atoms with van der Waals surface area (Å²) >= 11 is 11.8. The van der Waals surface area contributed by atoms with Crippen LogP contribution < -0.4 is 5.32 Å². The van der Waals surface area contributed by atoms with Gasteiger partial charge in [0.05, 0.1) is 22.5 Å². The van der Waals surface area contributed by atoms with Crippen molar-refractivity contribution in [3.8, 4) is 5.75 Å². The van der Waals surface area contributed by atoms with E-state index in [-0.39, 0.29) is 16.5 Å². The van der Waals surface area contributed by atoms with Crippen LogP contribution in [0.5, 0.6) is 5.75 Å². The number of nitrogens with one attached hydrogen (secondary N) is 1. The Kier molecular flexibility index (Phi) is 3.50. The zero-order chi connectivity index (χ0) is 13.3. The average molecular weight is 286 g/mol. The monoisotopic (exact) mass is 285 g/mol. The summed E-state index contributed by atoms with van der Waals surface area (Å²) in [6, 6.07) is 2.94. The quantitative estimate of drug-likeness (QED) is 0.824. The van der Waals surface area contributed by atoms with Crippen molar-refractivity contribution in [3.05, 3.63) is 45.8 Å². The van der Waals surface area contributed by atoms with Gasteiger partial charge in [0.1, 0.15) is 6.26 Å². The van der Waals surface area contributed by atoms with Crippen LogP contribution in [0.15, 0.2) is 29.1 Å². The number of aromatic hydroxyl groups is 1. The van der Waals surface area contributed by atoms with Gasteiger partial charge in [-0.2, -0.15) is 0 Å². The topological polar surface area (TPSA) is 62.5 Å². The van der Waals surface area contributed by atoms with E-state index in [2.05, 4.69) is 5.32 Å². The fraction of sp³-hybridized carbons (Fsp3) is 0.0833. The van der Waals surface area contributed by atoms with Crippen LogP contribution in [0.3, 0.4) is 0 Å². The van der Waals surface area contributed by atoms with Crippen molar-refractivity contribution in [2.45, 2.75) is 6.92 Å². The van der Waals surface area contributed by atoms with Gasteiger partial charge in [-0.25, -0.2) is 0 Å². The third-order valence-corrected chi connectivity index (χ3v) is 3.31. The maximum atomic E-state index is 11.8. The Hall–Kier alpha value is -1.65. The van der Waals surface area contributed by atoms with Crippen LogP contribution in [0, 0.1) is 6.92 Å². The number of hydrogen-bond acceptors (Lipinski definition) is 3. The van der Waals surface area contributed by atoms with Gasteiger partial charge in [0.15, 0.2) is 5.75 Å². The normalized spacial score (nSPS) is 10.4. The number of furan rings is 1. The Balaban J connectivity index is 2.33. The van der Waals surface area contributed by atoms with Crippen molar-refractivity contribution in [1.29, 1.82) is 0 Å². The van der Waals surface area contributed by atoms with Gasteiger partial charge in [-0.1, -0.05) is 23.2 Å². The molecule has 6 heteroatoms. The highest BCUT2D eigenvalue weighted by molar-refractivity contribution is 6.37. The Morgan fingerprint density at radius 3 is 2.78 bits per heavy atom. The lowest BCUT2D eigenvalue weighted by molar-refractivity contribution is 0.102. The van der Waals surface area contributed by atoms with Crippen molar-refractivity contribution in [2.24, 2.45) is 0 Å². The largest absolute Gasteiger partial charge is 0.504 e. The minimum Gasteiger partial charge on any atom is -0.504 e. The summed E-state index contributed by atoms with van der Waals surface area (Å²) in [5.41, 5.74) is 1.04. The molecule has 1 aromatic carbocycles. The summed E-state index contributed by atoms with van der Waals surface area (Å²) in [4.78, 5) is 11.8. The number of hydrogen-bond donors (Lipinski definition) is 2. The van der Waals surface area contributed by atoms with E-state index in [1.54, 1.807) is 6.92 Å². The van der Waals surface area contributed by atoms with E-state index in [0.29, 0.717) is 16.1 Å². The zero-order valence-corrected chi connectivity index (χ0v) is 10.8. The molecule has 0 saturated heterocycles. The van der Waals surface area contributed by atoms with Crippen molar-refractivity contribution in [1.82, 2.24) is 0 Å². The molecule has 0 bridgehead atoms. The number of carbonyl (C=O) groups is 1. The molecule has 2 rings (SSSR count). The molecule has 1 amide bonds. The molecular weight excluding hydrogens is 277 g/mol. The number of phenols is 1. The van der Waals surface area contributed by atoms with E-state index in [9.17, 15) is 9.90 Å². The summed E-state index contributed by atoms with van der Waals surface area (Å²) in [6.07, 6.45) is 2.67. The maximum Gasteiger partial charge on any atom is 0.259 e. The van der Waals surface area contributed by atoms with E-state index < -0.39 is 5.91 Å². The minimum absolute atomic E-state index is 0.116. The Labute approximate surface area is 113 Å². The van der Waals surface area contributed by atoms with Gasteiger partial charge in [0, 0.05) is 5.02 Å². The highest BCUT2D eigenvalue weighted by Crippen LogP contribution is 2.38. The Morgan fingerprint density at radius 2 is 2.17 bits per heavy atom. The molecule has 2 N–H and O–H groups in total. The first-order chi connectivity index (χ1) is 8.50. The van der Waals surface area contributed by atoms with Crippen LogP contribution in [0.25, 0.3) is 0 Å². The smallest absolute Gasteiger partial charge is 0.259 e. The van der Waals surface area contributed by atoms with E-state index >= 15 is 0 Å². The van der Waals surface area contributed by atoms with Crippen LogP contribution >= 0.6 is 23.2 Å². The molecule has 0 aliphatic carbocycles. The second kappa shape index (κ2) is 4.92. The van der Waals surface area contributed by atoms with Crippen molar-refractivity contribution in [3.63, 3.8) is 0 Å². The third-order valence-electron chi connectivity index (χ3n) is 2.45. The summed E-state index contributed by atoms with van der Waals surface area (Å²) < 4.78 is 4.79. The summed E-state index contributed by atoms with van der Waals surface area (Å²) in [5, 5.41) is 12.8. The lowest BCUT2D eigenvalue weighted by atomic mass is 10.2. The number of amides is 1. The van der Waals surface area contributed by atoms with Crippen LogP contribution in [-0.2, 0) is 0 Å². The van der Waals surface area contributed by atoms with Gasteiger partial charge in [-0.3, -0.25) is 4.79 Å². The van der Waals surface area contributed by atoms with E-state index in [1.165, 1.54) is 24.7 Å². The molecule has 0 fully saturated rings. The minimum atomic E-state index is -0.421. The standard InChI is InChI=1S/C12H9Cl2NO3/c1-6-8(13)4-9(11(16)10(6)14)15-12(17)7-2-3-18-5-7/h2-5,16H,1H3,(H,15,17). The highest BCUT2D eigenvalue weighted by atomic mass is 35.5. The highest BCUT2D eigenvalue weighted by Gasteiger charge is 2.15. The number of benzene rings is 1. The van der Waals surface area contributed by atoms with Crippen molar-refractivity contribution < 1.29 is 14.3 Å². The van der Waals surface area contributed by atoms with Gasteiger partial charge in [0.2, 0.25) is 0 Å². The second-order valence-electron chi connectivity index (χ2n) is 3.66. The molecule has 4 nitrogen and oxygen atoms in total. The van der Waals surface area contributed by atoms with Crippen LogP contribution in [0.4, 0.5) is 5.69 Å². The molecule has 0 atom stereocenters. The first kappa shape index (κ1) is 12.8. The molecule has 0 unspecified atom stereocenters. The zero-order valence-electron chi connectivity index (χ0n) is 9.33. The van der Waals surface area contributed by atoms with Gasteiger partial charge >= 0.3 is 0 Å². The maximum absolute atomic E-state index is 11.8. The lowest BCUT2D eigenvalue weighted by Crippen LogP contribution is -2.11. The van der Waals surface area contributed by atoms with Gasteiger partial charge in [-0.15, -0.1) is 0 Å². The lowest BCUT2D eigenvalue weighted by Gasteiger charge is -2.10. The molecule has 0 saturated carbocycles. The summed E-state index contributed by atoms with van der Waals surface area (Å²) in [5.74, 6) is -0.634. The predicted molar refractivity (Wildman–Crippen MR) is 69.5 cm³/mol. The molecule has 2 aromatic rings. The molecule has 0 spiro atoms. The first-order valence-corrected chi connectivity index (χ1v) is 5.77. The number of rotatable bonds is 2. The van der Waals surface area contributed by atoms with Crippen LogP contribution in [0.1, 0.15) is 15.9 Å². The van der Waals surface area contributed by atoms with E-state index in [1.807, 2.05) is 0 Å². The molecule has 94 valence electrons.